The molecular weight excluding hydrogens is 276 g/mol. The summed E-state index contributed by atoms with van der Waals surface area (Å²) >= 11 is 0. The van der Waals surface area contributed by atoms with Gasteiger partial charge in [0.25, 0.3) is 5.91 Å². The predicted octanol–water partition coefficient (Wildman–Crippen LogP) is 1.66. The first-order valence-corrected chi connectivity index (χ1v) is 8.27. The second kappa shape index (κ2) is 5.20. The van der Waals surface area contributed by atoms with Crippen molar-refractivity contribution in [1.29, 1.82) is 0 Å². The van der Waals surface area contributed by atoms with E-state index in [2.05, 4.69) is 29.2 Å². The molecule has 4 heterocycles. The Bertz CT molecular complexity index is 592. The van der Waals surface area contributed by atoms with Crippen molar-refractivity contribution in [3.05, 3.63) is 35.9 Å². The fraction of sp³-hybridized carbons (Fsp3) is 0.556. The van der Waals surface area contributed by atoms with Gasteiger partial charge in [-0.25, -0.2) is 0 Å². The Morgan fingerprint density at radius 2 is 1.73 bits per heavy atom. The van der Waals surface area contributed by atoms with Crippen LogP contribution in [0.25, 0.3) is 0 Å². The minimum absolute atomic E-state index is 0.226. The maximum absolute atomic E-state index is 12.4. The van der Waals surface area contributed by atoms with Gasteiger partial charge in [0.2, 0.25) is 5.78 Å². The summed E-state index contributed by atoms with van der Waals surface area (Å²) in [6, 6.07) is 11.1. The monoisotopic (exact) mass is 298 g/mol. The number of hydrogen-bond acceptors (Lipinski definition) is 3. The average molecular weight is 298 g/mol. The van der Waals surface area contributed by atoms with E-state index in [0.717, 1.165) is 25.9 Å². The minimum Gasteiger partial charge on any atom is -0.331 e. The molecule has 5 rings (SSSR count). The van der Waals surface area contributed by atoms with E-state index in [1.807, 2.05) is 11.0 Å². The number of nitrogens with zero attached hydrogens (tertiary/aromatic N) is 2. The standard InChI is InChI=1S/C18H22N2O2/c1-12(21)18(22)20-11-15(13-5-3-2-4-6-13)17-16(20)14-7-9-19(17)10-8-14/h2-6,14-17H,7-11H2,1H3/t15-,16-,17-/m1/s1. The summed E-state index contributed by atoms with van der Waals surface area (Å²) in [5, 5.41) is 0. The van der Waals surface area contributed by atoms with Gasteiger partial charge in [0.05, 0.1) is 6.04 Å². The maximum atomic E-state index is 12.4. The molecule has 4 fully saturated rings. The summed E-state index contributed by atoms with van der Waals surface area (Å²) in [5.41, 5.74) is 1.30. The van der Waals surface area contributed by atoms with Crippen molar-refractivity contribution in [1.82, 2.24) is 9.80 Å². The lowest BCUT2D eigenvalue weighted by atomic mass is 9.75. The largest absolute Gasteiger partial charge is 0.331 e. The van der Waals surface area contributed by atoms with E-state index in [9.17, 15) is 9.59 Å². The number of ketones is 1. The predicted molar refractivity (Wildman–Crippen MR) is 83.5 cm³/mol. The van der Waals surface area contributed by atoms with Crippen LogP contribution in [0.4, 0.5) is 0 Å². The smallest absolute Gasteiger partial charge is 0.289 e. The zero-order chi connectivity index (χ0) is 15.3. The van der Waals surface area contributed by atoms with Gasteiger partial charge >= 0.3 is 0 Å². The van der Waals surface area contributed by atoms with E-state index in [0.29, 0.717) is 24.4 Å². The van der Waals surface area contributed by atoms with Crippen LogP contribution in [0.1, 0.15) is 31.2 Å². The van der Waals surface area contributed by atoms with Gasteiger partial charge in [0, 0.05) is 25.4 Å². The van der Waals surface area contributed by atoms with E-state index >= 15 is 0 Å². The van der Waals surface area contributed by atoms with Crippen LogP contribution < -0.4 is 0 Å². The lowest BCUT2D eigenvalue weighted by Gasteiger charge is -2.51. The third-order valence-corrected chi connectivity index (χ3v) is 5.78. The molecule has 0 unspecified atom stereocenters. The minimum atomic E-state index is -0.330. The molecule has 0 saturated carbocycles. The second-order valence-electron chi connectivity index (χ2n) is 6.89. The van der Waals surface area contributed by atoms with E-state index in [1.165, 1.54) is 12.5 Å². The second-order valence-corrected chi connectivity index (χ2v) is 6.89. The first-order valence-electron chi connectivity index (χ1n) is 8.27. The number of amides is 1. The summed E-state index contributed by atoms with van der Waals surface area (Å²) < 4.78 is 0. The van der Waals surface area contributed by atoms with E-state index in [1.54, 1.807) is 0 Å². The molecule has 3 atom stereocenters. The Morgan fingerprint density at radius 1 is 1.05 bits per heavy atom. The van der Waals surface area contributed by atoms with Gasteiger partial charge in [0.15, 0.2) is 0 Å². The summed E-state index contributed by atoms with van der Waals surface area (Å²) in [6.45, 7) is 4.36. The van der Waals surface area contributed by atoms with Crippen LogP contribution in [0, 0.1) is 5.92 Å². The van der Waals surface area contributed by atoms with Crippen molar-refractivity contribution in [2.45, 2.75) is 37.8 Å². The van der Waals surface area contributed by atoms with Gasteiger partial charge in [-0.05, 0) is 37.4 Å². The molecule has 4 aliphatic heterocycles. The number of rotatable bonds is 2. The Balaban J connectivity index is 1.72. The Kier molecular flexibility index (Phi) is 3.30. The summed E-state index contributed by atoms with van der Waals surface area (Å²) in [6.07, 6.45) is 2.31. The van der Waals surface area contributed by atoms with Gasteiger partial charge in [0.1, 0.15) is 0 Å². The topological polar surface area (TPSA) is 40.6 Å². The highest BCUT2D eigenvalue weighted by molar-refractivity contribution is 6.35. The highest BCUT2D eigenvalue weighted by Gasteiger charge is 2.54. The number of carbonyl (C=O) groups excluding carboxylic acids is 2. The van der Waals surface area contributed by atoms with Crippen molar-refractivity contribution in [2.75, 3.05) is 19.6 Å². The maximum Gasteiger partial charge on any atom is 0.289 e. The van der Waals surface area contributed by atoms with Gasteiger partial charge < -0.3 is 4.90 Å². The number of likely N-dealkylation sites (tertiary alicyclic amines) is 1. The molecule has 4 heteroatoms. The Labute approximate surface area is 131 Å². The molecule has 1 aromatic carbocycles. The molecule has 1 amide bonds. The number of fused-ring (bicyclic) bond motifs is 2. The van der Waals surface area contributed by atoms with Crippen molar-refractivity contribution in [3.63, 3.8) is 0 Å². The van der Waals surface area contributed by atoms with Crippen LogP contribution in [0.3, 0.4) is 0 Å². The molecule has 0 aliphatic carbocycles. The summed E-state index contributed by atoms with van der Waals surface area (Å²) in [5.74, 6) is 0.274. The van der Waals surface area contributed by atoms with Gasteiger partial charge in [-0.2, -0.15) is 0 Å². The molecular formula is C18H22N2O2. The zero-order valence-corrected chi connectivity index (χ0v) is 12.9. The van der Waals surface area contributed by atoms with Gasteiger partial charge in [-0.3, -0.25) is 14.5 Å². The van der Waals surface area contributed by atoms with Crippen molar-refractivity contribution < 1.29 is 9.59 Å². The van der Waals surface area contributed by atoms with Crippen molar-refractivity contribution in [2.24, 2.45) is 5.92 Å². The highest BCUT2D eigenvalue weighted by atomic mass is 16.2. The van der Waals surface area contributed by atoms with Crippen molar-refractivity contribution in [3.8, 4) is 0 Å². The lowest BCUT2D eigenvalue weighted by Crippen LogP contribution is -2.61. The molecule has 0 radical (unpaired) electrons. The number of piperidine rings is 3. The molecule has 0 aromatic heterocycles. The van der Waals surface area contributed by atoms with Crippen LogP contribution in [-0.4, -0.2) is 53.2 Å². The summed E-state index contributed by atoms with van der Waals surface area (Å²) in [7, 11) is 0. The number of carbonyl (C=O) groups is 2. The molecule has 4 nitrogen and oxygen atoms in total. The molecule has 0 spiro atoms. The first-order chi connectivity index (χ1) is 10.7. The number of hydrogen-bond donors (Lipinski definition) is 0. The lowest BCUT2D eigenvalue weighted by molar-refractivity contribution is -0.146. The van der Waals surface area contributed by atoms with E-state index < -0.39 is 0 Å². The first kappa shape index (κ1) is 13.9. The van der Waals surface area contributed by atoms with Crippen LogP contribution in [0.5, 0.6) is 0 Å². The van der Waals surface area contributed by atoms with Crippen LogP contribution in [0.15, 0.2) is 30.3 Å². The molecule has 2 bridgehead atoms. The molecule has 22 heavy (non-hydrogen) atoms. The third-order valence-electron chi connectivity index (χ3n) is 5.78. The average Bonchev–Trinajstić information content (AvgIpc) is 2.98. The zero-order valence-electron chi connectivity index (χ0n) is 12.9. The normalized spacial score (nSPS) is 36.2. The van der Waals surface area contributed by atoms with Crippen LogP contribution >= 0.6 is 0 Å². The Hall–Kier alpha value is -1.68. The van der Waals surface area contributed by atoms with Gasteiger partial charge in [-0.15, -0.1) is 0 Å². The van der Waals surface area contributed by atoms with Crippen LogP contribution in [-0.2, 0) is 9.59 Å². The number of benzene rings is 1. The quantitative estimate of drug-likeness (QED) is 0.780. The number of Topliss-reactive ketones (excluding diaryl/α,β-unsaturated/α-hetero) is 1. The molecule has 4 aliphatic rings. The molecule has 0 N–H and O–H groups in total. The SMILES string of the molecule is CC(=O)C(=O)N1C[C@H](c2ccccc2)[C@@H]2[C@H]1C1CCN2CC1. The molecule has 4 saturated heterocycles. The fourth-order valence-corrected chi connectivity index (χ4v) is 4.85. The molecule has 1 aromatic rings. The fourth-order valence-electron chi connectivity index (χ4n) is 4.85. The van der Waals surface area contributed by atoms with Gasteiger partial charge in [-0.1, -0.05) is 30.3 Å². The van der Waals surface area contributed by atoms with Crippen molar-refractivity contribution >= 4 is 11.7 Å². The van der Waals surface area contributed by atoms with E-state index in [4.69, 9.17) is 0 Å². The Morgan fingerprint density at radius 3 is 2.36 bits per heavy atom. The van der Waals surface area contributed by atoms with Crippen LogP contribution in [0.2, 0.25) is 0 Å². The highest BCUT2D eigenvalue weighted by Crippen LogP contribution is 2.46. The third kappa shape index (κ3) is 2.01. The molecule has 116 valence electrons. The van der Waals surface area contributed by atoms with E-state index in [-0.39, 0.29) is 17.7 Å². The summed E-state index contributed by atoms with van der Waals surface area (Å²) in [4.78, 5) is 28.5.